The molecule has 16 heavy (non-hydrogen) atoms. The van der Waals surface area contributed by atoms with Crippen molar-refractivity contribution in [3.8, 4) is 0 Å². The number of aryl methyl sites for hydroxylation is 1. The molecule has 1 aromatic carbocycles. The van der Waals surface area contributed by atoms with E-state index in [0.717, 1.165) is 10.9 Å². The zero-order chi connectivity index (χ0) is 11.7. The Balaban J connectivity index is 2.67. The van der Waals surface area contributed by atoms with E-state index < -0.39 is 0 Å². The van der Waals surface area contributed by atoms with Crippen LogP contribution < -0.4 is 5.63 Å². The van der Waals surface area contributed by atoms with Crippen LogP contribution in [-0.4, -0.2) is 0 Å². The molecule has 0 saturated carbocycles. The zero-order valence-electron chi connectivity index (χ0n) is 9.91. The van der Waals surface area contributed by atoms with Gasteiger partial charge in [-0.15, -0.1) is 0 Å². The van der Waals surface area contributed by atoms with Crippen LogP contribution in [-0.2, 0) is 6.42 Å². The molecule has 0 N–H and O–H groups in total. The van der Waals surface area contributed by atoms with Crippen LogP contribution in [0.1, 0.15) is 37.8 Å². The molecule has 0 aliphatic carbocycles. The van der Waals surface area contributed by atoms with Crippen molar-refractivity contribution in [1.82, 2.24) is 0 Å². The lowest BCUT2D eigenvalue weighted by Gasteiger charge is -2.06. The minimum absolute atomic E-state index is 0.212. The first-order valence-electron chi connectivity index (χ1n) is 5.68. The van der Waals surface area contributed by atoms with E-state index in [4.69, 9.17) is 4.42 Å². The fourth-order valence-electron chi connectivity index (χ4n) is 1.78. The molecule has 0 amide bonds. The van der Waals surface area contributed by atoms with Crippen LogP contribution >= 0.6 is 0 Å². The van der Waals surface area contributed by atoms with Crippen LogP contribution in [0.2, 0.25) is 0 Å². The summed E-state index contributed by atoms with van der Waals surface area (Å²) in [6.45, 7) is 6.21. The molecule has 84 valence electrons. The molecule has 0 atom stereocenters. The lowest BCUT2D eigenvalue weighted by molar-refractivity contribution is 0.550. The summed E-state index contributed by atoms with van der Waals surface area (Å²) in [5, 5.41) is 1.00. The van der Waals surface area contributed by atoms with E-state index in [1.165, 1.54) is 5.56 Å². The van der Waals surface area contributed by atoms with Crippen LogP contribution in [0.4, 0.5) is 0 Å². The molecule has 0 fully saturated rings. The molecule has 0 unspecified atom stereocenters. The van der Waals surface area contributed by atoms with E-state index in [1.54, 1.807) is 0 Å². The lowest BCUT2D eigenvalue weighted by Crippen LogP contribution is -2.05. The van der Waals surface area contributed by atoms with Crippen LogP contribution in [0.25, 0.3) is 11.0 Å². The smallest absolute Gasteiger partial charge is 0.339 e. The largest absolute Gasteiger partial charge is 0.423 e. The second-order valence-electron chi connectivity index (χ2n) is 4.36. The maximum absolute atomic E-state index is 11.6. The predicted molar refractivity (Wildman–Crippen MR) is 66.0 cm³/mol. The highest BCUT2D eigenvalue weighted by atomic mass is 16.4. The normalized spacial score (nSPS) is 11.2. The van der Waals surface area contributed by atoms with Gasteiger partial charge in [0.25, 0.3) is 0 Å². The van der Waals surface area contributed by atoms with Crippen LogP contribution in [0.5, 0.6) is 0 Å². The molecule has 0 aliphatic heterocycles. The SMILES string of the molecule is CCc1cc2ccc(C(C)C)cc2oc1=O. The van der Waals surface area contributed by atoms with E-state index >= 15 is 0 Å². The van der Waals surface area contributed by atoms with Gasteiger partial charge in [-0.3, -0.25) is 0 Å². The number of hydrogen-bond acceptors (Lipinski definition) is 2. The maximum atomic E-state index is 11.6. The summed E-state index contributed by atoms with van der Waals surface area (Å²) in [7, 11) is 0. The van der Waals surface area contributed by atoms with Crippen molar-refractivity contribution in [2.75, 3.05) is 0 Å². The second-order valence-corrected chi connectivity index (χ2v) is 4.36. The monoisotopic (exact) mass is 216 g/mol. The molecule has 2 aromatic rings. The standard InChI is InChI=1S/C14H16O2/c1-4-10-7-12-6-5-11(9(2)3)8-13(12)16-14(10)15/h5-9H,4H2,1-3H3. The van der Waals surface area contributed by atoms with Gasteiger partial charge in [-0.25, -0.2) is 4.79 Å². The molecular formula is C14H16O2. The first-order chi connectivity index (χ1) is 7.61. The van der Waals surface area contributed by atoms with Crippen molar-refractivity contribution in [2.45, 2.75) is 33.1 Å². The van der Waals surface area contributed by atoms with E-state index in [-0.39, 0.29) is 5.63 Å². The Morgan fingerprint density at radius 1 is 1.25 bits per heavy atom. The summed E-state index contributed by atoms with van der Waals surface area (Å²) in [6.07, 6.45) is 0.713. The highest BCUT2D eigenvalue weighted by Crippen LogP contribution is 2.21. The number of fused-ring (bicyclic) bond motifs is 1. The van der Waals surface area contributed by atoms with Gasteiger partial charge in [0.2, 0.25) is 0 Å². The van der Waals surface area contributed by atoms with E-state index in [1.807, 2.05) is 25.1 Å². The molecule has 0 saturated heterocycles. The Bertz CT molecular complexity index is 564. The average molecular weight is 216 g/mol. The highest BCUT2D eigenvalue weighted by Gasteiger charge is 2.05. The summed E-state index contributed by atoms with van der Waals surface area (Å²) >= 11 is 0. The number of rotatable bonds is 2. The highest BCUT2D eigenvalue weighted by molar-refractivity contribution is 5.77. The third-order valence-corrected chi connectivity index (χ3v) is 2.88. The van der Waals surface area contributed by atoms with Crippen molar-refractivity contribution >= 4 is 11.0 Å². The summed E-state index contributed by atoms with van der Waals surface area (Å²) in [6, 6.07) is 7.99. The van der Waals surface area contributed by atoms with Crippen molar-refractivity contribution in [1.29, 1.82) is 0 Å². The topological polar surface area (TPSA) is 30.2 Å². The Labute approximate surface area is 94.9 Å². The Morgan fingerprint density at radius 2 is 2.00 bits per heavy atom. The van der Waals surface area contributed by atoms with Gasteiger partial charge in [0.15, 0.2) is 0 Å². The zero-order valence-corrected chi connectivity index (χ0v) is 9.91. The predicted octanol–water partition coefficient (Wildman–Crippen LogP) is 3.48. The first-order valence-corrected chi connectivity index (χ1v) is 5.68. The fourth-order valence-corrected chi connectivity index (χ4v) is 1.78. The van der Waals surface area contributed by atoms with E-state index in [0.29, 0.717) is 17.9 Å². The lowest BCUT2D eigenvalue weighted by atomic mass is 10.0. The molecule has 1 aromatic heterocycles. The molecule has 2 heteroatoms. The van der Waals surface area contributed by atoms with Gasteiger partial charge < -0.3 is 4.42 Å². The third kappa shape index (κ3) is 1.87. The van der Waals surface area contributed by atoms with Gasteiger partial charge in [0, 0.05) is 10.9 Å². The van der Waals surface area contributed by atoms with Crippen molar-refractivity contribution < 1.29 is 4.42 Å². The van der Waals surface area contributed by atoms with Crippen LogP contribution in [0, 0.1) is 0 Å². The Hall–Kier alpha value is -1.57. The van der Waals surface area contributed by atoms with Gasteiger partial charge >= 0.3 is 5.63 Å². The Morgan fingerprint density at radius 3 is 2.62 bits per heavy atom. The van der Waals surface area contributed by atoms with Gasteiger partial charge in [0.1, 0.15) is 5.58 Å². The molecule has 0 radical (unpaired) electrons. The second kappa shape index (κ2) is 4.12. The molecule has 1 heterocycles. The quantitative estimate of drug-likeness (QED) is 0.719. The first kappa shape index (κ1) is 10.9. The van der Waals surface area contributed by atoms with E-state index in [2.05, 4.69) is 19.9 Å². The van der Waals surface area contributed by atoms with Gasteiger partial charge in [-0.1, -0.05) is 32.9 Å². The summed E-state index contributed by atoms with van der Waals surface area (Å²) in [5.41, 5.74) is 2.41. The van der Waals surface area contributed by atoms with Gasteiger partial charge in [-0.05, 0) is 30.0 Å². The minimum atomic E-state index is -0.212. The molecule has 2 rings (SSSR count). The van der Waals surface area contributed by atoms with Gasteiger partial charge in [-0.2, -0.15) is 0 Å². The molecule has 0 spiro atoms. The van der Waals surface area contributed by atoms with Crippen LogP contribution in [0.15, 0.2) is 33.5 Å². The average Bonchev–Trinajstić information content (AvgIpc) is 2.27. The van der Waals surface area contributed by atoms with Crippen molar-refractivity contribution in [3.63, 3.8) is 0 Å². The number of benzene rings is 1. The molecule has 0 aliphatic rings. The summed E-state index contributed by atoms with van der Waals surface area (Å²) < 4.78 is 5.32. The Kier molecular flexibility index (Phi) is 2.82. The minimum Gasteiger partial charge on any atom is -0.423 e. The van der Waals surface area contributed by atoms with E-state index in [9.17, 15) is 4.79 Å². The molecular weight excluding hydrogens is 200 g/mol. The van der Waals surface area contributed by atoms with Crippen LogP contribution in [0.3, 0.4) is 0 Å². The van der Waals surface area contributed by atoms with Crippen molar-refractivity contribution in [2.24, 2.45) is 0 Å². The summed E-state index contributed by atoms with van der Waals surface area (Å²) in [5.74, 6) is 0.445. The van der Waals surface area contributed by atoms with Gasteiger partial charge in [0.05, 0.1) is 0 Å². The molecule has 0 bridgehead atoms. The third-order valence-electron chi connectivity index (χ3n) is 2.88. The number of hydrogen-bond donors (Lipinski definition) is 0. The summed E-state index contributed by atoms with van der Waals surface area (Å²) in [4.78, 5) is 11.6. The fraction of sp³-hybridized carbons (Fsp3) is 0.357. The maximum Gasteiger partial charge on any atom is 0.339 e. The molecule has 2 nitrogen and oxygen atoms in total. The van der Waals surface area contributed by atoms with Crippen molar-refractivity contribution in [3.05, 3.63) is 45.8 Å².